The maximum atomic E-state index is 14.1. The van der Waals surface area contributed by atoms with E-state index >= 15 is 0 Å². The summed E-state index contributed by atoms with van der Waals surface area (Å²) >= 11 is 6.40. The van der Waals surface area contributed by atoms with Crippen molar-refractivity contribution in [2.24, 2.45) is 5.92 Å². The Bertz CT molecular complexity index is 1780. The second-order valence-corrected chi connectivity index (χ2v) is 13.2. The van der Waals surface area contributed by atoms with Gasteiger partial charge in [-0.3, -0.25) is 14.3 Å². The second kappa shape index (κ2) is 14.8. The van der Waals surface area contributed by atoms with Crippen molar-refractivity contribution in [1.82, 2.24) is 15.0 Å². The number of halogens is 1. The van der Waals surface area contributed by atoms with Gasteiger partial charge in [0.1, 0.15) is 0 Å². The third-order valence-electron chi connectivity index (χ3n) is 9.52. The summed E-state index contributed by atoms with van der Waals surface area (Å²) in [4.78, 5) is 30.5. The second-order valence-electron chi connectivity index (χ2n) is 12.8. The normalized spacial score (nSPS) is 19.8. The Morgan fingerprint density at radius 1 is 1.00 bits per heavy atom. The molecule has 10 heteroatoms. The summed E-state index contributed by atoms with van der Waals surface area (Å²) in [6.07, 6.45) is 10.8. The zero-order chi connectivity index (χ0) is 33.7. The molecule has 9 nitrogen and oxygen atoms in total. The number of aliphatic hydroxyl groups excluding tert-OH is 1. The number of hydrogen-bond acceptors (Lipinski definition) is 6. The third kappa shape index (κ3) is 6.95. The minimum atomic E-state index is -1.81. The van der Waals surface area contributed by atoms with Gasteiger partial charge >= 0.3 is 0 Å². The average Bonchev–Trinajstić information content (AvgIpc) is 3.63. The van der Waals surface area contributed by atoms with Gasteiger partial charge in [-0.1, -0.05) is 91.2 Å². The minimum absolute atomic E-state index is 0.0706. The number of fused-ring (bicyclic) bond motifs is 1. The molecular formula is C38H42ClN5O4. The quantitative estimate of drug-likeness (QED) is 0.180. The van der Waals surface area contributed by atoms with E-state index in [1.54, 1.807) is 27.8 Å². The third-order valence-corrected chi connectivity index (χ3v) is 9.76. The molecule has 1 unspecified atom stereocenters. The van der Waals surface area contributed by atoms with Gasteiger partial charge < -0.3 is 20.0 Å². The van der Waals surface area contributed by atoms with E-state index in [-0.39, 0.29) is 25.0 Å². The molecule has 0 bridgehead atoms. The molecule has 250 valence electrons. The Balaban J connectivity index is 1.16. The van der Waals surface area contributed by atoms with Crippen LogP contribution in [0.3, 0.4) is 0 Å². The molecule has 0 saturated carbocycles. The molecule has 1 saturated heterocycles. The van der Waals surface area contributed by atoms with E-state index in [2.05, 4.69) is 10.3 Å². The lowest BCUT2D eigenvalue weighted by atomic mass is 9.83. The topological polar surface area (TPSA) is 112 Å². The standard InChI is InChI=1S/C38H42ClN5O4/c1-27(12-8-10-20-42-25-34(40-41-42)32(26-45)29-14-5-4-6-15-29)38(48)33-23-30(39)18-19-35(33)44(37(38)47)24-28-13-11-16-31(22-28)43-21-9-3-2-7-17-36(43)46/h4-6,8,11-16,18-19,22-23,25,27,32,45,48H,2-3,7,9-10,17,20-21,24,26H2,1H3/b12-8+/t27-,32?,38+/m0/s1. The first-order valence-electron chi connectivity index (χ1n) is 16.8. The number of anilines is 2. The summed E-state index contributed by atoms with van der Waals surface area (Å²) < 4.78 is 1.73. The molecule has 1 fully saturated rings. The number of benzene rings is 3. The molecule has 4 aromatic rings. The molecule has 0 spiro atoms. The molecule has 2 N–H and O–H groups in total. The van der Waals surface area contributed by atoms with Crippen LogP contribution < -0.4 is 9.80 Å². The van der Waals surface area contributed by atoms with Crippen molar-refractivity contribution in [3.05, 3.63) is 119 Å². The van der Waals surface area contributed by atoms with Crippen LogP contribution in [0.5, 0.6) is 0 Å². The van der Waals surface area contributed by atoms with Gasteiger partial charge in [0.25, 0.3) is 5.91 Å². The number of nitrogens with zero attached hydrogens (tertiary/aromatic N) is 5. The maximum absolute atomic E-state index is 14.1. The molecular weight excluding hydrogens is 626 g/mol. The number of aromatic nitrogens is 3. The smallest absolute Gasteiger partial charge is 0.264 e. The van der Waals surface area contributed by atoms with Gasteiger partial charge in [-0.2, -0.15) is 0 Å². The van der Waals surface area contributed by atoms with Crippen LogP contribution in [-0.4, -0.2) is 50.2 Å². The first-order valence-corrected chi connectivity index (χ1v) is 17.1. The number of rotatable bonds is 11. The number of aryl methyl sites for hydroxylation is 1. The van der Waals surface area contributed by atoms with Crippen LogP contribution in [0.1, 0.15) is 73.8 Å². The van der Waals surface area contributed by atoms with Crippen LogP contribution >= 0.6 is 11.6 Å². The van der Waals surface area contributed by atoms with Crippen molar-refractivity contribution in [3.63, 3.8) is 0 Å². The molecule has 0 aliphatic carbocycles. The molecule has 48 heavy (non-hydrogen) atoms. The van der Waals surface area contributed by atoms with Gasteiger partial charge in [0.05, 0.1) is 30.5 Å². The lowest BCUT2D eigenvalue weighted by Crippen LogP contribution is -2.44. The fourth-order valence-electron chi connectivity index (χ4n) is 6.80. The first-order chi connectivity index (χ1) is 23.3. The van der Waals surface area contributed by atoms with E-state index in [9.17, 15) is 19.8 Å². The fourth-order valence-corrected chi connectivity index (χ4v) is 6.97. The molecule has 2 aliphatic rings. The predicted octanol–water partition coefficient (Wildman–Crippen LogP) is 6.37. The predicted molar refractivity (Wildman–Crippen MR) is 187 cm³/mol. The highest BCUT2D eigenvalue weighted by Crippen LogP contribution is 2.47. The van der Waals surface area contributed by atoms with Crippen LogP contribution in [0.4, 0.5) is 11.4 Å². The molecule has 6 rings (SSSR count). The van der Waals surface area contributed by atoms with E-state index in [0.29, 0.717) is 47.9 Å². The van der Waals surface area contributed by atoms with Crippen molar-refractivity contribution < 1.29 is 19.8 Å². The summed E-state index contributed by atoms with van der Waals surface area (Å²) in [6, 6.07) is 22.7. The van der Waals surface area contributed by atoms with E-state index in [1.165, 1.54) is 0 Å². The van der Waals surface area contributed by atoms with E-state index in [0.717, 1.165) is 42.5 Å². The fraction of sp³-hybridized carbons (Fsp3) is 0.368. The maximum Gasteiger partial charge on any atom is 0.264 e. The highest BCUT2D eigenvalue weighted by molar-refractivity contribution is 6.31. The monoisotopic (exact) mass is 667 g/mol. The summed E-state index contributed by atoms with van der Waals surface area (Å²) in [6.45, 7) is 3.23. The molecule has 1 aromatic heterocycles. The number of hydrogen-bond donors (Lipinski definition) is 2. The Morgan fingerprint density at radius 3 is 2.62 bits per heavy atom. The van der Waals surface area contributed by atoms with Gasteiger partial charge in [0, 0.05) is 47.9 Å². The van der Waals surface area contributed by atoms with Crippen LogP contribution in [0.2, 0.25) is 5.02 Å². The first kappa shape index (κ1) is 33.6. The van der Waals surface area contributed by atoms with Crippen LogP contribution in [-0.2, 0) is 28.3 Å². The lowest BCUT2D eigenvalue weighted by molar-refractivity contribution is -0.139. The number of allylic oxidation sites excluding steroid dienone is 1. The highest BCUT2D eigenvalue weighted by Gasteiger charge is 2.52. The van der Waals surface area contributed by atoms with Crippen LogP contribution in [0.25, 0.3) is 0 Å². The summed E-state index contributed by atoms with van der Waals surface area (Å²) in [5, 5.41) is 31.1. The summed E-state index contributed by atoms with van der Waals surface area (Å²) in [5.41, 5.74) is 2.65. The minimum Gasteiger partial charge on any atom is -0.395 e. The Hall–Kier alpha value is -4.31. The molecule has 2 aliphatic heterocycles. The number of amides is 2. The number of aliphatic hydroxyl groups is 2. The SMILES string of the molecule is C[C@@H](/C=C/CCn1cc(C(CO)c2ccccc2)nn1)[C@]1(O)C(=O)N(Cc2cccc(N3CCCCCCC3=O)c2)c2ccc(Cl)cc21. The van der Waals surface area contributed by atoms with Gasteiger partial charge in [0.15, 0.2) is 5.60 Å². The van der Waals surface area contributed by atoms with Crippen molar-refractivity contribution in [2.75, 3.05) is 23.0 Å². The Labute approximate surface area is 286 Å². The zero-order valence-corrected chi connectivity index (χ0v) is 28.0. The van der Waals surface area contributed by atoms with Gasteiger partial charge in [-0.15, -0.1) is 5.10 Å². The van der Waals surface area contributed by atoms with E-state index in [1.807, 2.05) is 84.8 Å². The van der Waals surface area contributed by atoms with Crippen molar-refractivity contribution >= 4 is 34.8 Å². The van der Waals surface area contributed by atoms with E-state index < -0.39 is 17.4 Å². The molecule has 3 heterocycles. The lowest BCUT2D eigenvalue weighted by Gasteiger charge is -2.28. The number of carbonyl (C=O) groups is 2. The zero-order valence-electron chi connectivity index (χ0n) is 27.2. The molecule has 3 atom stereocenters. The van der Waals surface area contributed by atoms with Crippen molar-refractivity contribution in [1.29, 1.82) is 0 Å². The Morgan fingerprint density at radius 2 is 1.81 bits per heavy atom. The molecule has 3 aromatic carbocycles. The van der Waals surface area contributed by atoms with Crippen molar-refractivity contribution in [2.45, 2.75) is 70.1 Å². The highest BCUT2D eigenvalue weighted by atomic mass is 35.5. The summed E-state index contributed by atoms with van der Waals surface area (Å²) in [7, 11) is 0. The summed E-state index contributed by atoms with van der Waals surface area (Å²) in [5.74, 6) is -1.09. The molecule has 2 amide bonds. The Kier molecular flexibility index (Phi) is 10.4. The van der Waals surface area contributed by atoms with Gasteiger partial charge in [-0.25, -0.2) is 0 Å². The van der Waals surface area contributed by atoms with Gasteiger partial charge in [-0.05, 0) is 60.7 Å². The van der Waals surface area contributed by atoms with Crippen molar-refractivity contribution in [3.8, 4) is 0 Å². The largest absolute Gasteiger partial charge is 0.395 e. The number of carbonyl (C=O) groups excluding carboxylic acids is 2. The molecule has 0 radical (unpaired) electrons. The van der Waals surface area contributed by atoms with Crippen LogP contribution in [0.15, 0.2) is 91.1 Å². The van der Waals surface area contributed by atoms with Gasteiger partial charge in [0.2, 0.25) is 5.91 Å². The van der Waals surface area contributed by atoms with E-state index in [4.69, 9.17) is 11.6 Å². The average molecular weight is 668 g/mol. The van der Waals surface area contributed by atoms with Crippen LogP contribution in [0, 0.1) is 5.92 Å².